The number of nitrogens with one attached hydrogen (secondary N) is 2. The lowest BCUT2D eigenvalue weighted by Crippen LogP contribution is -2.33. The quantitative estimate of drug-likeness (QED) is 0.425. The van der Waals surface area contributed by atoms with Crippen molar-refractivity contribution in [3.8, 4) is 0 Å². The van der Waals surface area contributed by atoms with Gasteiger partial charge in [-0.1, -0.05) is 72.4 Å². The largest absolute Gasteiger partial charge is 0.343 e. The summed E-state index contributed by atoms with van der Waals surface area (Å²) >= 11 is 1.23. The highest BCUT2D eigenvalue weighted by atomic mass is 32.2. The molecule has 0 aliphatic heterocycles. The van der Waals surface area contributed by atoms with Gasteiger partial charge in [0, 0.05) is 15.4 Å². The first kappa shape index (κ1) is 20.6. The monoisotopic (exact) mass is 430 g/mol. The van der Waals surface area contributed by atoms with Gasteiger partial charge in [0.1, 0.15) is 5.82 Å². The second kappa shape index (κ2) is 9.45. The maximum Gasteiger partial charge on any atom is 0.252 e. The van der Waals surface area contributed by atoms with Crippen molar-refractivity contribution in [3.63, 3.8) is 0 Å². The van der Waals surface area contributed by atoms with Gasteiger partial charge in [-0.2, -0.15) is 0 Å². The Kier molecular flexibility index (Phi) is 6.29. The van der Waals surface area contributed by atoms with E-state index in [-0.39, 0.29) is 24.2 Å². The van der Waals surface area contributed by atoms with E-state index in [1.807, 2.05) is 42.5 Å². The van der Waals surface area contributed by atoms with Crippen molar-refractivity contribution in [1.29, 1.82) is 0 Å². The number of fused-ring (bicyclic) bond motifs is 1. The minimum atomic E-state index is -0.366. The Labute approximate surface area is 183 Å². The Bertz CT molecular complexity index is 1250. The van der Waals surface area contributed by atoms with Crippen molar-refractivity contribution >= 4 is 40.0 Å². The molecule has 0 heterocycles. The molecule has 2 N–H and O–H groups in total. The lowest BCUT2D eigenvalue weighted by Gasteiger charge is -2.12. The Hall–Kier alpha value is -3.64. The van der Waals surface area contributed by atoms with Crippen LogP contribution in [0.5, 0.6) is 0 Å². The molecule has 0 fully saturated rings. The third-order valence-electron chi connectivity index (χ3n) is 4.66. The summed E-state index contributed by atoms with van der Waals surface area (Å²) in [6, 6.07) is 26.7. The minimum Gasteiger partial charge on any atom is -0.343 e. The number of hydrogen-bond donors (Lipinski definition) is 2. The van der Waals surface area contributed by atoms with E-state index in [1.54, 1.807) is 42.5 Å². The fraction of sp³-hybridized carbons (Fsp3) is 0.0400. The maximum atomic E-state index is 14.0. The summed E-state index contributed by atoms with van der Waals surface area (Å²) in [6.45, 7) is -0.180. The van der Waals surface area contributed by atoms with E-state index in [0.29, 0.717) is 21.0 Å². The summed E-state index contributed by atoms with van der Waals surface area (Å²) in [6.07, 6.45) is 0. The molecule has 4 aromatic carbocycles. The van der Waals surface area contributed by atoms with Crippen molar-refractivity contribution in [2.75, 3.05) is 11.9 Å². The number of rotatable bonds is 6. The molecule has 0 saturated carbocycles. The molecular weight excluding hydrogens is 411 g/mol. The molecule has 0 aliphatic rings. The molecular formula is C25H19FN2O2S. The summed E-state index contributed by atoms with van der Waals surface area (Å²) < 4.78 is 14.0. The second-order valence-electron chi connectivity index (χ2n) is 6.79. The van der Waals surface area contributed by atoms with Crippen LogP contribution < -0.4 is 10.6 Å². The van der Waals surface area contributed by atoms with Crippen molar-refractivity contribution in [2.24, 2.45) is 0 Å². The molecule has 0 aromatic heterocycles. The molecule has 0 bridgehead atoms. The predicted molar refractivity (Wildman–Crippen MR) is 122 cm³/mol. The molecule has 0 aliphatic carbocycles. The number of benzene rings is 4. The first-order chi connectivity index (χ1) is 15.1. The van der Waals surface area contributed by atoms with Crippen LogP contribution in [-0.2, 0) is 4.79 Å². The summed E-state index contributed by atoms with van der Waals surface area (Å²) in [4.78, 5) is 26.3. The van der Waals surface area contributed by atoms with E-state index >= 15 is 0 Å². The molecule has 31 heavy (non-hydrogen) atoms. The number of hydrogen-bond acceptors (Lipinski definition) is 3. The molecule has 154 valence electrons. The van der Waals surface area contributed by atoms with E-state index in [2.05, 4.69) is 10.6 Å². The lowest BCUT2D eigenvalue weighted by atomic mass is 10.0. The van der Waals surface area contributed by atoms with Gasteiger partial charge < -0.3 is 10.6 Å². The van der Waals surface area contributed by atoms with Crippen molar-refractivity contribution in [3.05, 3.63) is 102 Å². The van der Waals surface area contributed by atoms with E-state index in [0.717, 1.165) is 10.8 Å². The van der Waals surface area contributed by atoms with Crippen LogP contribution in [0.25, 0.3) is 10.8 Å². The third kappa shape index (κ3) is 4.92. The van der Waals surface area contributed by atoms with Gasteiger partial charge in [0.25, 0.3) is 5.91 Å². The number of halogens is 1. The molecule has 4 aromatic rings. The highest BCUT2D eigenvalue weighted by Crippen LogP contribution is 2.34. The highest BCUT2D eigenvalue weighted by molar-refractivity contribution is 7.99. The number of anilines is 1. The van der Waals surface area contributed by atoms with Crippen LogP contribution in [0, 0.1) is 5.82 Å². The van der Waals surface area contributed by atoms with Crippen LogP contribution in [0.2, 0.25) is 0 Å². The topological polar surface area (TPSA) is 58.2 Å². The number of para-hydroxylation sites is 1. The number of amides is 2. The van der Waals surface area contributed by atoms with Crippen molar-refractivity contribution in [2.45, 2.75) is 9.79 Å². The van der Waals surface area contributed by atoms with Crippen molar-refractivity contribution in [1.82, 2.24) is 5.32 Å². The van der Waals surface area contributed by atoms with E-state index in [9.17, 15) is 14.0 Å². The summed E-state index contributed by atoms with van der Waals surface area (Å²) in [7, 11) is 0. The van der Waals surface area contributed by atoms with Crippen LogP contribution in [0.3, 0.4) is 0 Å². The molecule has 0 radical (unpaired) electrons. The normalized spacial score (nSPS) is 10.6. The number of carbonyl (C=O) groups is 2. The fourth-order valence-electron chi connectivity index (χ4n) is 3.18. The van der Waals surface area contributed by atoms with E-state index in [1.165, 1.54) is 17.8 Å². The Morgan fingerprint density at radius 1 is 0.774 bits per heavy atom. The molecule has 0 saturated heterocycles. The van der Waals surface area contributed by atoms with Gasteiger partial charge in [0.2, 0.25) is 5.91 Å². The average Bonchev–Trinajstić information content (AvgIpc) is 2.80. The summed E-state index contributed by atoms with van der Waals surface area (Å²) in [5.41, 5.74) is 1.07. The van der Waals surface area contributed by atoms with E-state index in [4.69, 9.17) is 0 Å². The zero-order chi connectivity index (χ0) is 21.6. The third-order valence-corrected chi connectivity index (χ3v) is 5.79. The zero-order valence-corrected chi connectivity index (χ0v) is 17.3. The molecule has 0 spiro atoms. The molecule has 0 unspecified atom stereocenters. The molecule has 2 amide bonds. The van der Waals surface area contributed by atoms with Crippen LogP contribution in [0.1, 0.15) is 10.4 Å². The maximum absolute atomic E-state index is 14.0. The smallest absolute Gasteiger partial charge is 0.252 e. The zero-order valence-electron chi connectivity index (χ0n) is 16.5. The molecule has 4 nitrogen and oxygen atoms in total. The lowest BCUT2D eigenvalue weighted by molar-refractivity contribution is -0.115. The molecule has 4 rings (SSSR count). The molecule has 0 atom stereocenters. The number of carbonyl (C=O) groups excluding carboxylic acids is 2. The van der Waals surface area contributed by atoms with Crippen LogP contribution in [0.4, 0.5) is 10.1 Å². The van der Waals surface area contributed by atoms with Gasteiger partial charge in [0.15, 0.2) is 0 Å². The van der Waals surface area contributed by atoms with Crippen LogP contribution >= 0.6 is 11.8 Å². The van der Waals surface area contributed by atoms with Gasteiger partial charge in [0.05, 0.1) is 12.2 Å². The SMILES string of the molecule is O=C(CNC(=O)c1cccc2ccccc12)Nc1ccccc1Sc1ccccc1F. The summed E-state index contributed by atoms with van der Waals surface area (Å²) in [5, 5.41) is 7.25. The van der Waals surface area contributed by atoms with Crippen molar-refractivity contribution < 1.29 is 14.0 Å². The second-order valence-corrected chi connectivity index (χ2v) is 7.87. The van der Waals surface area contributed by atoms with Gasteiger partial charge >= 0.3 is 0 Å². The Morgan fingerprint density at radius 3 is 2.29 bits per heavy atom. The molecule has 6 heteroatoms. The van der Waals surface area contributed by atoms with Gasteiger partial charge in [-0.25, -0.2) is 4.39 Å². The standard InChI is InChI=1S/C25H19FN2O2S/c26-20-12-3-5-14-22(20)31-23-15-6-4-13-21(23)28-24(29)16-27-25(30)19-11-7-9-17-8-1-2-10-18(17)19/h1-15H,16H2,(H,27,30)(H,28,29). The van der Waals surface area contributed by atoms with Crippen LogP contribution in [0.15, 0.2) is 101 Å². The highest BCUT2D eigenvalue weighted by Gasteiger charge is 2.13. The Morgan fingerprint density at radius 2 is 1.45 bits per heavy atom. The Balaban J connectivity index is 1.42. The fourth-order valence-corrected chi connectivity index (χ4v) is 4.10. The first-order valence-corrected chi connectivity index (χ1v) is 10.5. The van der Waals surface area contributed by atoms with Gasteiger partial charge in [-0.15, -0.1) is 0 Å². The predicted octanol–water partition coefficient (Wildman–Crippen LogP) is 5.50. The summed E-state index contributed by atoms with van der Waals surface area (Å²) in [5.74, 6) is -1.01. The first-order valence-electron chi connectivity index (χ1n) is 9.69. The van der Waals surface area contributed by atoms with E-state index < -0.39 is 0 Å². The minimum absolute atomic E-state index is 0.180. The van der Waals surface area contributed by atoms with Gasteiger partial charge in [-0.3, -0.25) is 9.59 Å². The van der Waals surface area contributed by atoms with Crippen LogP contribution in [-0.4, -0.2) is 18.4 Å². The van der Waals surface area contributed by atoms with Gasteiger partial charge in [-0.05, 0) is 41.1 Å². The average molecular weight is 431 g/mol.